The van der Waals surface area contributed by atoms with E-state index < -0.39 is 0 Å². The summed E-state index contributed by atoms with van der Waals surface area (Å²) < 4.78 is 7.17. The van der Waals surface area contributed by atoms with Gasteiger partial charge in [-0.3, -0.25) is 4.68 Å². The highest BCUT2D eigenvalue weighted by Crippen LogP contribution is 2.23. The van der Waals surface area contributed by atoms with Crippen LogP contribution in [0.2, 0.25) is 0 Å². The maximum Gasteiger partial charge on any atom is 0.213 e. The highest BCUT2D eigenvalue weighted by Gasteiger charge is 2.13. The first-order chi connectivity index (χ1) is 9.52. The fraction of sp³-hybridized carbons (Fsp3) is 0.467. The average Bonchev–Trinajstić information content (AvgIpc) is 2.72. The molecule has 0 fully saturated rings. The lowest BCUT2D eigenvalue weighted by Gasteiger charge is -2.10. The van der Waals surface area contributed by atoms with Crippen molar-refractivity contribution in [2.24, 2.45) is 0 Å². The van der Waals surface area contributed by atoms with E-state index in [2.05, 4.69) is 36.2 Å². The number of pyridine rings is 1. The standard InChI is InChI=1S/C15H22N4O/c1-10(2)19-12(4)15(11(3)18-19)16-9-13-7-6-8-14(17-13)20-5/h6-8,10,16H,9H2,1-5H3. The van der Waals surface area contributed by atoms with Crippen molar-refractivity contribution in [1.82, 2.24) is 14.8 Å². The summed E-state index contributed by atoms with van der Waals surface area (Å²) in [5.74, 6) is 0.635. The van der Waals surface area contributed by atoms with Crippen LogP contribution < -0.4 is 10.1 Å². The molecule has 0 saturated heterocycles. The van der Waals surface area contributed by atoms with Gasteiger partial charge in [-0.25, -0.2) is 4.98 Å². The van der Waals surface area contributed by atoms with E-state index in [1.165, 1.54) is 0 Å². The molecule has 0 bridgehead atoms. The van der Waals surface area contributed by atoms with Crippen molar-refractivity contribution in [3.8, 4) is 5.88 Å². The lowest BCUT2D eigenvalue weighted by Crippen LogP contribution is -2.06. The van der Waals surface area contributed by atoms with Gasteiger partial charge in [-0.05, 0) is 33.8 Å². The summed E-state index contributed by atoms with van der Waals surface area (Å²) in [4.78, 5) is 4.40. The van der Waals surface area contributed by atoms with Gasteiger partial charge in [0.2, 0.25) is 5.88 Å². The van der Waals surface area contributed by atoms with Crippen LogP contribution in [0, 0.1) is 13.8 Å². The summed E-state index contributed by atoms with van der Waals surface area (Å²) >= 11 is 0. The van der Waals surface area contributed by atoms with Crippen LogP contribution in [0.4, 0.5) is 5.69 Å². The second-order valence-electron chi connectivity index (χ2n) is 5.11. The summed E-state index contributed by atoms with van der Waals surface area (Å²) in [6.07, 6.45) is 0. The first-order valence-corrected chi connectivity index (χ1v) is 6.82. The molecule has 20 heavy (non-hydrogen) atoms. The number of nitrogens with zero attached hydrogens (tertiary/aromatic N) is 3. The third kappa shape index (κ3) is 2.92. The van der Waals surface area contributed by atoms with Gasteiger partial charge in [0.25, 0.3) is 0 Å². The number of hydrogen-bond acceptors (Lipinski definition) is 4. The van der Waals surface area contributed by atoms with Crippen LogP contribution in [0.5, 0.6) is 5.88 Å². The van der Waals surface area contributed by atoms with Gasteiger partial charge in [0, 0.05) is 12.1 Å². The number of hydrogen-bond donors (Lipinski definition) is 1. The van der Waals surface area contributed by atoms with Gasteiger partial charge < -0.3 is 10.1 Å². The molecule has 0 aliphatic heterocycles. The van der Waals surface area contributed by atoms with E-state index >= 15 is 0 Å². The predicted octanol–water partition coefficient (Wildman–Crippen LogP) is 3.10. The van der Waals surface area contributed by atoms with Crippen LogP contribution in [0.3, 0.4) is 0 Å². The van der Waals surface area contributed by atoms with Gasteiger partial charge in [0.15, 0.2) is 0 Å². The zero-order valence-electron chi connectivity index (χ0n) is 12.8. The third-order valence-electron chi connectivity index (χ3n) is 3.25. The first kappa shape index (κ1) is 14.4. The van der Waals surface area contributed by atoms with Crippen molar-refractivity contribution in [3.63, 3.8) is 0 Å². The number of rotatable bonds is 5. The fourth-order valence-electron chi connectivity index (χ4n) is 2.27. The molecule has 0 unspecified atom stereocenters. The minimum Gasteiger partial charge on any atom is -0.481 e. The fourth-order valence-corrected chi connectivity index (χ4v) is 2.27. The molecule has 0 spiro atoms. The van der Waals surface area contributed by atoms with E-state index in [-0.39, 0.29) is 0 Å². The van der Waals surface area contributed by atoms with E-state index in [0.29, 0.717) is 18.5 Å². The largest absolute Gasteiger partial charge is 0.481 e. The van der Waals surface area contributed by atoms with Crippen molar-refractivity contribution in [3.05, 3.63) is 35.3 Å². The second-order valence-corrected chi connectivity index (χ2v) is 5.11. The summed E-state index contributed by atoms with van der Waals surface area (Å²) in [7, 11) is 1.63. The Hall–Kier alpha value is -2.04. The molecule has 5 nitrogen and oxygen atoms in total. The van der Waals surface area contributed by atoms with Crippen LogP contribution in [0.25, 0.3) is 0 Å². The first-order valence-electron chi connectivity index (χ1n) is 6.82. The normalized spacial score (nSPS) is 10.9. The Bertz CT molecular complexity index is 590. The van der Waals surface area contributed by atoms with Gasteiger partial charge in [0.05, 0.1) is 36.4 Å². The maximum atomic E-state index is 5.13. The number of methoxy groups -OCH3 is 1. The predicted molar refractivity (Wildman–Crippen MR) is 80.2 cm³/mol. The minimum absolute atomic E-state index is 0.360. The Morgan fingerprint density at radius 2 is 2.05 bits per heavy atom. The van der Waals surface area contributed by atoms with Gasteiger partial charge >= 0.3 is 0 Å². The van der Waals surface area contributed by atoms with Gasteiger partial charge in [-0.1, -0.05) is 6.07 Å². The van der Waals surface area contributed by atoms with Crippen molar-refractivity contribution in [2.45, 2.75) is 40.3 Å². The zero-order chi connectivity index (χ0) is 14.7. The molecule has 5 heteroatoms. The van der Waals surface area contributed by atoms with Crippen molar-refractivity contribution in [2.75, 3.05) is 12.4 Å². The Labute approximate surface area is 120 Å². The van der Waals surface area contributed by atoms with Crippen molar-refractivity contribution in [1.29, 1.82) is 0 Å². The molecule has 2 aromatic heterocycles. The van der Waals surface area contributed by atoms with Crippen LogP contribution in [0.1, 0.15) is 37.0 Å². The molecule has 108 valence electrons. The summed E-state index contributed by atoms with van der Waals surface area (Å²) in [6.45, 7) is 9.02. The van der Waals surface area contributed by atoms with Crippen LogP contribution in [-0.2, 0) is 6.54 Å². The molecule has 0 aromatic carbocycles. The molecule has 2 aromatic rings. The molecule has 0 saturated carbocycles. The monoisotopic (exact) mass is 274 g/mol. The SMILES string of the molecule is COc1cccc(CNc2c(C)nn(C(C)C)c2C)n1. The summed E-state index contributed by atoms with van der Waals surface area (Å²) in [5.41, 5.74) is 4.20. The van der Waals surface area contributed by atoms with E-state index in [1.54, 1.807) is 7.11 Å². The Kier molecular flexibility index (Phi) is 4.27. The van der Waals surface area contributed by atoms with Crippen molar-refractivity contribution < 1.29 is 4.74 Å². The molecule has 2 heterocycles. The molecule has 0 amide bonds. The lowest BCUT2D eigenvalue weighted by atomic mass is 10.2. The number of aromatic nitrogens is 3. The molecular weight excluding hydrogens is 252 g/mol. The van der Waals surface area contributed by atoms with E-state index in [1.807, 2.05) is 29.8 Å². The Balaban J connectivity index is 2.14. The Morgan fingerprint density at radius 3 is 2.65 bits per heavy atom. The highest BCUT2D eigenvalue weighted by atomic mass is 16.5. The zero-order valence-corrected chi connectivity index (χ0v) is 12.8. The number of aryl methyl sites for hydroxylation is 1. The molecule has 0 radical (unpaired) electrons. The quantitative estimate of drug-likeness (QED) is 0.910. The van der Waals surface area contributed by atoms with Crippen LogP contribution in [0.15, 0.2) is 18.2 Å². The summed E-state index contributed by atoms with van der Waals surface area (Å²) in [6, 6.07) is 6.13. The van der Waals surface area contributed by atoms with Crippen LogP contribution in [-0.4, -0.2) is 21.9 Å². The number of anilines is 1. The number of ether oxygens (including phenoxy) is 1. The molecule has 0 aliphatic rings. The summed E-state index contributed by atoms with van der Waals surface area (Å²) in [5, 5.41) is 7.99. The second kappa shape index (κ2) is 5.94. The minimum atomic E-state index is 0.360. The lowest BCUT2D eigenvalue weighted by molar-refractivity contribution is 0.396. The number of nitrogens with one attached hydrogen (secondary N) is 1. The van der Waals surface area contributed by atoms with Gasteiger partial charge in [0.1, 0.15) is 0 Å². The maximum absolute atomic E-state index is 5.13. The molecule has 2 rings (SSSR count). The van der Waals surface area contributed by atoms with E-state index in [4.69, 9.17) is 4.74 Å². The molecular formula is C15H22N4O. The molecule has 0 aliphatic carbocycles. The molecule has 0 atom stereocenters. The van der Waals surface area contributed by atoms with Gasteiger partial charge in [-0.2, -0.15) is 5.10 Å². The van der Waals surface area contributed by atoms with E-state index in [9.17, 15) is 0 Å². The van der Waals surface area contributed by atoms with Gasteiger partial charge in [-0.15, -0.1) is 0 Å². The van der Waals surface area contributed by atoms with E-state index in [0.717, 1.165) is 22.8 Å². The topological polar surface area (TPSA) is 52.0 Å². The average molecular weight is 274 g/mol. The third-order valence-corrected chi connectivity index (χ3v) is 3.25. The van der Waals surface area contributed by atoms with Crippen molar-refractivity contribution >= 4 is 5.69 Å². The highest BCUT2D eigenvalue weighted by molar-refractivity contribution is 5.52. The smallest absolute Gasteiger partial charge is 0.213 e. The van der Waals surface area contributed by atoms with Crippen LogP contribution >= 0.6 is 0 Å². The Morgan fingerprint density at radius 1 is 1.30 bits per heavy atom. The molecule has 1 N–H and O–H groups in total.